The quantitative estimate of drug-likeness (QED) is 0.275. The second-order valence-corrected chi connectivity index (χ2v) is 11.5. The van der Waals surface area contributed by atoms with Crippen molar-refractivity contribution in [3.8, 4) is 11.1 Å². The van der Waals surface area contributed by atoms with E-state index in [9.17, 15) is 9.59 Å². The van der Waals surface area contributed by atoms with Crippen LogP contribution >= 0.6 is 0 Å². The molecule has 0 radical (unpaired) electrons. The van der Waals surface area contributed by atoms with Crippen molar-refractivity contribution in [2.75, 3.05) is 6.61 Å². The maximum atomic E-state index is 13.3. The molecule has 3 aliphatic rings. The molecule has 2 bridgehead atoms. The van der Waals surface area contributed by atoms with E-state index in [0.717, 1.165) is 32.1 Å². The van der Waals surface area contributed by atoms with Crippen molar-refractivity contribution in [1.29, 1.82) is 0 Å². The van der Waals surface area contributed by atoms with Crippen LogP contribution in [0.25, 0.3) is 11.1 Å². The molecule has 1 aliphatic carbocycles. The normalized spacial score (nSPS) is 22.1. The highest BCUT2D eigenvalue weighted by Gasteiger charge is 2.45. The van der Waals surface area contributed by atoms with Gasteiger partial charge in [-0.1, -0.05) is 100 Å². The summed E-state index contributed by atoms with van der Waals surface area (Å²) in [5, 5.41) is 0. The molecule has 0 aromatic heterocycles. The van der Waals surface area contributed by atoms with Gasteiger partial charge in [0.1, 0.15) is 12.4 Å². The Morgan fingerprint density at radius 3 is 1.92 bits per heavy atom. The van der Waals surface area contributed by atoms with Crippen molar-refractivity contribution in [1.82, 2.24) is 4.90 Å². The van der Waals surface area contributed by atoms with E-state index < -0.39 is 0 Å². The van der Waals surface area contributed by atoms with Crippen LogP contribution < -0.4 is 0 Å². The van der Waals surface area contributed by atoms with Gasteiger partial charge in [-0.25, -0.2) is 4.79 Å². The average molecular weight is 502 g/mol. The minimum Gasteiger partial charge on any atom is -0.448 e. The zero-order chi connectivity index (χ0) is 25.6. The lowest BCUT2D eigenvalue weighted by molar-refractivity contribution is -0.125. The Morgan fingerprint density at radius 2 is 1.32 bits per heavy atom. The first-order valence-electron chi connectivity index (χ1n) is 14.8. The molecule has 2 aromatic carbocycles. The number of rotatable bonds is 12. The van der Waals surface area contributed by atoms with Gasteiger partial charge in [0.15, 0.2) is 0 Å². The minimum absolute atomic E-state index is 0.0831. The number of carbonyl (C=O) groups is 2. The number of hydrogen-bond acceptors (Lipinski definition) is 3. The fourth-order valence-corrected chi connectivity index (χ4v) is 7.04. The van der Waals surface area contributed by atoms with Crippen molar-refractivity contribution in [2.24, 2.45) is 5.92 Å². The molecule has 0 spiro atoms. The summed E-state index contributed by atoms with van der Waals surface area (Å²) in [4.78, 5) is 28.2. The van der Waals surface area contributed by atoms with Crippen LogP contribution in [0, 0.1) is 5.92 Å². The predicted molar refractivity (Wildman–Crippen MR) is 149 cm³/mol. The summed E-state index contributed by atoms with van der Waals surface area (Å²) >= 11 is 0. The highest BCUT2D eigenvalue weighted by Crippen LogP contribution is 2.45. The van der Waals surface area contributed by atoms with E-state index in [1.54, 1.807) is 0 Å². The molecule has 2 unspecified atom stereocenters. The van der Waals surface area contributed by atoms with Crippen LogP contribution in [-0.2, 0) is 9.53 Å². The number of amides is 1. The Balaban J connectivity index is 1.10. The zero-order valence-electron chi connectivity index (χ0n) is 22.5. The van der Waals surface area contributed by atoms with Gasteiger partial charge in [-0.15, -0.1) is 0 Å². The lowest BCUT2D eigenvalue weighted by atomic mass is 9.85. The lowest BCUT2D eigenvalue weighted by Crippen LogP contribution is -2.48. The SMILES string of the molecule is CCCCCCCCCCC(=O)C1CC2CCC(C1)N2C(=O)OCC1c2ccccc2-c2ccccc21. The van der Waals surface area contributed by atoms with Gasteiger partial charge in [0.05, 0.1) is 0 Å². The summed E-state index contributed by atoms with van der Waals surface area (Å²) in [6.45, 7) is 2.61. The Morgan fingerprint density at radius 1 is 0.784 bits per heavy atom. The number of hydrogen-bond donors (Lipinski definition) is 0. The Labute approximate surface area is 222 Å². The fourth-order valence-electron chi connectivity index (χ4n) is 7.04. The van der Waals surface area contributed by atoms with Gasteiger partial charge >= 0.3 is 6.09 Å². The van der Waals surface area contributed by atoms with Crippen LogP contribution in [0.15, 0.2) is 48.5 Å². The molecule has 2 saturated heterocycles. The predicted octanol–water partition coefficient (Wildman–Crippen LogP) is 8.28. The molecule has 1 amide bonds. The van der Waals surface area contributed by atoms with Crippen LogP contribution in [0.4, 0.5) is 4.79 Å². The van der Waals surface area contributed by atoms with Gasteiger partial charge in [0.25, 0.3) is 0 Å². The van der Waals surface area contributed by atoms with E-state index in [1.807, 2.05) is 4.90 Å². The number of benzene rings is 2. The summed E-state index contributed by atoms with van der Waals surface area (Å²) in [5.41, 5.74) is 4.97. The van der Waals surface area contributed by atoms with Gasteiger partial charge < -0.3 is 9.64 Å². The van der Waals surface area contributed by atoms with Crippen molar-refractivity contribution in [3.05, 3.63) is 59.7 Å². The van der Waals surface area contributed by atoms with Gasteiger partial charge in [0.2, 0.25) is 0 Å². The summed E-state index contributed by atoms with van der Waals surface area (Å²) in [5.74, 6) is 0.634. The zero-order valence-corrected chi connectivity index (χ0v) is 22.5. The summed E-state index contributed by atoms with van der Waals surface area (Å²) in [6, 6.07) is 17.2. The lowest BCUT2D eigenvalue weighted by Gasteiger charge is -2.37. The number of ether oxygens (including phenoxy) is 1. The minimum atomic E-state index is -0.191. The van der Waals surface area contributed by atoms with E-state index in [4.69, 9.17) is 4.74 Å². The van der Waals surface area contributed by atoms with Gasteiger partial charge in [0, 0.05) is 30.3 Å². The van der Waals surface area contributed by atoms with Crippen LogP contribution in [0.2, 0.25) is 0 Å². The van der Waals surface area contributed by atoms with Crippen molar-refractivity contribution in [2.45, 2.75) is 108 Å². The molecule has 4 heteroatoms. The third-order valence-electron chi connectivity index (χ3n) is 9.01. The number of fused-ring (bicyclic) bond motifs is 5. The first kappa shape index (κ1) is 26.0. The molecule has 2 aromatic rings. The van der Waals surface area contributed by atoms with Crippen LogP contribution in [0.1, 0.15) is 107 Å². The molecule has 2 heterocycles. The van der Waals surface area contributed by atoms with Crippen molar-refractivity contribution >= 4 is 11.9 Å². The highest BCUT2D eigenvalue weighted by molar-refractivity contribution is 5.82. The third kappa shape index (κ3) is 5.78. The fraction of sp³-hybridized carbons (Fsp3) is 0.576. The second kappa shape index (κ2) is 12.3. The molecular formula is C33H43NO3. The molecule has 5 rings (SSSR count). The Bertz CT molecular complexity index is 1020. The third-order valence-corrected chi connectivity index (χ3v) is 9.01. The van der Waals surface area contributed by atoms with Gasteiger partial charge in [-0.05, 0) is 54.4 Å². The maximum Gasteiger partial charge on any atom is 0.410 e. The van der Waals surface area contributed by atoms with E-state index in [1.165, 1.54) is 67.2 Å². The van der Waals surface area contributed by atoms with E-state index in [-0.39, 0.29) is 30.0 Å². The van der Waals surface area contributed by atoms with Gasteiger partial charge in [-0.2, -0.15) is 0 Å². The maximum absolute atomic E-state index is 13.3. The molecule has 0 saturated carbocycles. The monoisotopic (exact) mass is 501 g/mol. The largest absolute Gasteiger partial charge is 0.448 e. The summed E-state index contributed by atoms with van der Waals surface area (Å²) in [6.07, 6.45) is 14.2. The van der Waals surface area contributed by atoms with E-state index >= 15 is 0 Å². The Hall–Kier alpha value is -2.62. The Kier molecular flexibility index (Phi) is 8.63. The number of nitrogens with zero attached hydrogens (tertiary/aromatic N) is 1. The standard InChI is InChI=1S/C33H43NO3/c1-2-3-4-5-6-7-8-9-18-32(35)24-21-25-19-20-26(22-24)34(25)33(36)37-23-31-29-16-12-10-14-27(29)28-15-11-13-17-30(28)31/h10-17,24-26,31H,2-9,18-23H2,1H3. The molecule has 4 nitrogen and oxygen atoms in total. The van der Waals surface area contributed by atoms with Crippen LogP contribution in [0.5, 0.6) is 0 Å². The number of carbonyl (C=O) groups excluding carboxylic acids is 2. The van der Waals surface area contributed by atoms with Crippen molar-refractivity contribution < 1.29 is 14.3 Å². The molecular weight excluding hydrogens is 458 g/mol. The number of unbranched alkanes of at least 4 members (excludes halogenated alkanes) is 7. The first-order chi connectivity index (χ1) is 18.2. The molecule has 2 aliphatic heterocycles. The average Bonchev–Trinajstić information content (AvgIpc) is 3.39. The van der Waals surface area contributed by atoms with E-state index in [2.05, 4.69) is 55.5 Å². The number of piperidine rings is 1. The second-order valence-electron chi connectivity index (χ2n) is 11.5. The number of ketones is 1. The highest BCUT2D eigenvalue weighted by atomic mass is 16.6. The molecule has 37 heavy (non-hydrogen) atoms. The van der Waals surface area contributed by atoms with Crippen LogP contribution in [-0.4, -0.2) is 35.5 Å². The molecule has 2 fully saturated rings. The topological polar surface area (TPSA) is 46.6 Å². The summed E-state index contributed by atoms with van der Waals surface area (Å²) < 4.78 is 5.98. The van der Waals surface area contributed by atoms with Crippen molar-refractivity contribution in [3.63, 3.8) is 0 Å². The van der Waals surface area contributed by atoms with Gasteiger partial charge in [-0.3, -0.25) is 4.79 Å². The number of Topliss-reactive ketones (excluding diaryl/α,β-unsaturated/α-hetero) is 1. The molecule has 2 atom stereocenters. The first-order valence-corrected chi connectivity index (χ1v) is 14.8. The summed E-state index contributed by atoms with van der Waals surface area (Å²) in [7, 11) is 0. The smallest absolute Gasteiger partial charge is 0.410 e. The van der Waals surface area contributed by atoms with Crippen LogP contribution in [0.3, 0.4) is 0 Å². The molecule has 198 valence electrons. The molecule has 0 N–H and O–H groups in total. The van der Waals surface area contributed by atoms with E-state index in [0.29, 0.717) is 18.8 Å².